The molecule has 0 radical (unpaired) electrons. The van der Waals surface area contributed by atoms with E-state index < -0.39 is 6.10 Å². The van der Waals surface area contributed by atoms with E-state index in [-0.39, 0.29) is 5.41 Å². The predicted octanol–water partition coefficient (Wildman–Crippen LogP) is 2.40. The van der Waals surface area contributed by atoms with Crippen LogP contribution in [0.15, 0.2) is 18.2 Å². The Morgan fingerprint density at radius 1 is 1.42 bits per heavy atom. The molecule has 2 atom stereocenters. The average molecular weight is 262 g/mol. The van der Waals surface area contributed by atoms with E-state index in [4.69, 9.17) is 0 Å². The molecule has 1 aliphatic rings. The second kappa shape index (κ2) is 5.14. The van der Waals surface area contributed by atoms with Crippen LogP contribution >= 0.6 is 0 Å². The Bertz CT molecular complexity index is 456. The van der Waals surface area contributed by atoms with Crippen molar-refractivity contribution in [3.63, 3.8) is 0 Å². The molecule has 1 N–H and O–H groups in total. The summed E-state index contributed by atoms with van der Waals surface area (Å²) in [6, 6.07) is 6.38. The van der Waals surface area contributed by atoms with Crippen molar-refractivity contribution in [2.75, 3.05) is 39.1 Å². The normalized spacial score (nSPS) is 23.8. The number of hydrogen-bond acceptors (Lipinski definition) is 3. The van der Waals surface area contributed by atoms with Gasteiger partial charge >= 0.3 is 0 Å². The van der Waals surface area contributed by atoms with Crippen molar-refractivity contribution in [2.45, 2.75) is 31.8 Å². The maximum Gasteiger partial charge on any atom is 0.0762 e. The van der Waals surface area contributed by atoms with Gasteiger partial charge < -0.3 is 14.9 Å². The van der Waals surface area contributed by atoms with Crippen LogP contribution in [0, 0.1) is 0 Å². The van der Waals surface area contributed by atoms with Crippen LogP contribution in [0.5, 0.6) is 0 Å². The first-order valence-electron chi connectivity index (χ1n) is 7.02. The van der Waals surface area contributed by atoms with Gasteiger partial charge in [0.2, 0.25) is 0 Å². The number of nitrogens with zero attached hydrogens (tertiary/aromatic N) is 2. The van der Waals surface area contributed by atoms with Gasteiger partial charge in [-0.3, -0.25) is 0 Å². The van der Waals surface area contributed by atoms with Gasteiger partial charge in [0, 0.05) is 24.7 Å². The molecule has 0 fully saturated rings. The number of anilines is 1. The van der Waals surface area contributed by atoms with Crippen LogP contribution in [0.25, 0.3) is 0 Å². The number of rotatable bonds is 4. The zero-order valence-electron chi connectivity index (χ0n) is 12.8. The van der Waals surface area contributed by atoms with Gasteiger partial charge in [0.15, 0.2) is 0 Å². The lowest BCUT2D eigenvalue weighted by molar-refractivity contribution is 0.199. The van der Waals surface area contributed by atoms with E-state index in [1.807, 2.05) is 13.0 Å². The van der Waals surface area contributed by atoms with E-state index in [1.54, 1.807) is 0 Å². The van der Waals surface area contributed by atoms with E-state index >= 15 is 0 Å². The van der Waals surface area contributed by atoms with Crippen LogP contribution in [0.3, 0.4) is 0 Å². The molecule has 2 rings (SSSR count). The maximum absolute atomic E-state index is 9.79. The third kappa shape index (κ3) is 2.77. The Labute approximate surface area is 116 Å². The topological polar surface area (TPSA) is 26.7 Å². The molecular weight excluding hydrogens is 236 g/mol. The Morgan fingerprint density at radius 3 is 2.68 bits per heavy atom. The molecule has 19 heavy (non-hydrogen) atoms. The van der Waals surface area contributed by atoms with E-state index in [9.17, 15) is 5.11 Å². The van der Waals surface area contributed by atoms with Gasteiger partial charge in [-0.25, -0.2) is 0 Å². The molecule has 106 valence electrons. The highest BCUT2D eigenvalue weighted by molar-refractivity contribution is 5.63. The molecule has 0 saturated heterocycles. The van der Waals surface area contributed by atoms with Gasteiger partial charge in [-0.1, -0.05) is 19.1 Å². The number of benzene rings is 1. The summed E-state index contributed by atoms with van der Waals surface area (Å²) < 4.78 is 0. The summed E-state index contributed by atoms with van der Waals surface area (Å²) in [6.07, 6.45) is 0.745. The molecule has 0 aliphatic carbocycles. The first-order chi connectivity index (χ1) is 8.83. The van der Waals surface area contributed by atoms with Crippen LogP contribution in [-0.2, 0) is 5.41 Å². The fraction of sp³-hybridized carbons (Fsp3) is 0.625. The first-order valence-corrected chi connectivity index (χ1v) is 7.02. The Kier molecular flexibility index (Phi) is 3.88. The summed E-state index contributed by atoms with van der Waals surface area (Å²) in [6.45, 7) is 6.31. The number of aliphatic hydroxyl groups excluding tert-OH is 1. The molecular formula is C16H26N2O. The van der Waals surface area contributed by atoms with Crippen molar-refractivity contribution in [2.24, 2.45) is 0 Å². The molecule has 0 bridgehead atoms. The summed E-state index contributed by atoms with van der Waals surface area (Å²) in [7, 11) is 6.39. The highest BCUT2D eigenvalue weighted by atomic mass is 16.3. The van der Waals surface area contributed by atoms with Gasteiger partial charge in [-0.15, -0.1) is 0 Å². The van der Waals surface area contributed by atoms with Gasteiger partial charge in [-0.05, 0) is 51.2 Å². The van der Waals surface area contributed by atoms with Crippen molar-refractivity contribution >= 4 is 5.69 Å². The third-order valence-corrected chi connectivity index (χ3v) is 4.26. The second-order valence-electron chi connectivity index (χ2n) is 6.42. The number of likely N-dealkylation sites (N-methyl/N-ethyl adjacent to an activating group) is 1. The standard InChI is InChI=1S/C16H26N2O/c1-12(19)13-6-7-15-14(10-13)16(2,11-18(15)5)8-9-17(3)4/h6-7,10,12,19H,8-9,11H2,1-5H3/t12-,16-/m0/s1. The highest BCUT2D eigenvalue weighted by Gasteiger charge is 2.37. The average Bonchev–Trinajstić information content (AvgIpc) is 2.59. The lowest BCUT2D eigenvalue weighted by Crippen LogP contribution is -2.32. The minimum atomic E-state index is -0.394. The van der Waals surface area contributed by atoms with Crippen molar-refractivity contribution in [1.82, 2.24) is 4.90 Å². The summed E-state index contributed by atoms with van der Waals surface area (Å²) in [5.41, 5.74) is 3.89. The van der Waals surface area contributed by atoms with Crippen LogP contribution in [-0.4, -0.2) is 44.2 Å². The van der Waals surface area contributed by atoms with E-state index in [1.165, 1.54) is 11.3 Å². The SMILES string of the molecule is C[C@H](O)c1ccc2c(c1)[C@@](C)(CCN(C)C)CN2C. The van der Waals surface area contributed by atoms with Crippen molar-refractivity contribution in [3.05, 3.63) is 29.3 Å². The molecule has 0 saturated carbocycles. The van der Waals surface area contributed by atoms with E-state index in [2.05, 4.69) is 50.0 Å². The van der Waals surface area contributed by atoms with Crippen LogP contribution < -0.4 is 4.90 Å². The molecule has 0 spiro atoms. The van der Waals surface area contributed by atoms with Gasteiger partial charge in [0.05, 0.1) is 6.10 Å². The van der Waals surface area contributed by atoms with E-state index in [0.29, 0.717) is 0 Å². The van der Waals surface area contributed by atoms with Crippen molar-refractivity contribution in [3.8, 4) is 0 Å². The van der Waals surface area contributed by atoms with Gasteiger partial charge in [0.1, 0.15) is 0 Å². The van der Waals surface area contributed by atoms with Crippen molar-refractivity contribution < 1.29 is 5.11 Å². The molecule has 1 aromatic rings. The Balaban J connectivity index is 2.34. The Hall–Kier alpha value is -1.06. The molecule has 0 unspecified atom stereocenters. The predicted molar refractivity (Wildman–Crippen MR) is 80.9 cm³/mol. The number of hydrogen-bond donors (Lipinski definition) is 1. The fourth-order valence-corrected chi connectivity index (χ4v) is 3.01. The summed E-state index contributed by atoms with van der Waals surface area (Å²) in [5.74, 6) is 0. The fourth-order valence-electron chi connectivity index (χ4n) is 3.01. The Morgan fingerprint density at radius 2 is 2.11 bits per heavy atom. The molecule has 0 aromatic heterocycles. The lowest BCUT2D eigenvalue weighted by atomic mass is 9.80. The minimum Gasteiger partial charge on any atom is -0.389 e. The second-order valence-corrected chi connectivity index (χ2v) is 6.42. The van der Waals surface area contributed by atoms with Crippen LogP contribution in [0.2, 0.25) is 0 Å². The minimum absolute atomic E-state index is 0.180. The maximum atomic E-state index is 9.79. The molecule has 1 aliphatic heterocycles. The molecule has 1 heterocycles. The molecule has 3 heteroatoms. The number of fused-ring (bicyclic) bond motifs is 1. The largest absolute Gasteiger partial charge is 0.389 e. The van der Waals surface area contributed by atoms with Crippen LogP contribution in [0.4, 0.5) is 5.69 Å². The van der Waals surface area contributed by atoms with Crippen molar-refractivity contribution in [1.29, 1.82) is 0 Å². The monoisotopic (exact) mass is 262 g/mol. The highest BCUT2D eigenvalue weighted by Crippen LogP contribution is 2.43. The smallest absolute Gasteiger partial charge is 0.0762 e. The summed E-state index contributed by atoms with van der Waals surface area (Å²) >= 11 is 0. The lowest BCUT2D eigenvalue weighted by Gasteiger charge is -2.27. The zero-order chi connectivity index (χ0) is 14.2. The zero-order valence-corrected chi connectivity index (χ0v) is 12.8. The van der Waals surface area contributed by atoms with Crippen LogP contribution in [0.1, 0.15) is 37.5 Å². The molecule has 1 aromatic carbocycles. The van der Waals surface area contributed by atoms with Gasteiger partial charge in [0.25, 0.3) is 0 Å². The quantitative estimate of drug-likeness (QED) is 0.902. The molecule has 3 nitrogen and oxygen atoms in total. The summed E-state index contributed by atoms with van der Waals surface area (Å²) in [4.78, 5) is 4.57. The van der Waals surface area contributed by atoms with E-state index in [0.717, 1.165) is 25.1 Å². The first kappa shape index (κ1) is 14.4. The summed E-state index contributed by atoms with van der Waals surface area (Å²) in [5, 5.41) is 9.79. The third-order valence-electron chi connectivity index (χ3n) is 4.26. The number of aliphatic hydroxyl groups is 1. The molecule has 0 amide bonds. The van der Waals surface area contributed by atoms with Gasteiger partial charge in [-0.2, -0.15) is 0 Å².